The van der Waals surface area contributed by atoms with E-state index < -0.39 is 0 Å². The van der Waals surface area contributed by atoms with Gasteiger partial charge < -0.3 is 0 Å². The van der Waals surface area contributed by atoms with Crippen LogP contribution >= 0.6 is 23.4 Å². The Morgan fingerprint density at radius 1 is 1.07 bits per heavy atom. The van der Waals surface area contributed by atoms with E-state index in [-0.39, 0.29) is 11.2 Å². The zero-order valence-electron chi connectivity index (χ0n) is 15.2. The van der Waals surface area contributed by atoms with Gasteiger partial charge in [0.05, 0.1) is 18.0 Å². The fourth-order valence-electron chi connectivity index (χ4n) is 3.10. The Kier molecular flexibility index (Phi) is 5.46. The number of carbonyl (C=O) groups is 1. The first-order valence-electron chi connectivity index (χ1n) is 8.93. The Hall–Kier alpha value is -2.63. The minimum Gasteiger partial charge on any atom is -0.284 e. The normalized spacial score (nSPS) is 18.6. The van der Waals surface area contributed by atoms with Crippen molar-refractivity contribution in [3.63, 3.8) is 0 Å². The van der Waals surface area contributed by atoms with Crippen molar-refractivity contribution >= 4 is 51.4 Å². The summed E-state index contributed by atoms with van der Waals surface area (Å²) in [4.78, 5) is 14.4. The Morgan fingerprint density at radius 3 is 2.64 bits per heavy atom. The maximum absolute atomic E-state index is 12.7. The maximum Gasteiger partial charge on any atom is 0.242 e. The van der Waals surface area contributed by atoms with Gasteiger partial charge in [-0.3, -0.25) is 9.69 Å². The maximum atomic E-state index is 12.7. The molecule has 4 nitrogen and oxygen atoms in total. The minimum atomic E-state index is -0.167. The predicted molar refractivity (Wildman–Crippen MR) is 118 cm³/mol. The zero-order valence-corrected chi connectivity index (χ0v) is 16.8. The Bertz CT molecular complexity index is 1070. The fourth-order valence-corrected chi connectivity index (χ4v) is 4.15. The SMILES string of the molecule is C[C@H]1S/C(=N/N=C\c2ccc(Cl)cc2)N(Cc2cccc3ccccc23)C1=O. The molecule has 3 aromatic rings. The molecule has 1 atom stereocenters. The molecule has 1 saturated heterocycles. The van der Waals surface area contributed by atoms with Crippen LogP contribution in [-0.4, -0.2) is 27.4 Å². The Morgan fingerprint density at radius 2 is 1.82 bits per heavy atom. The molecule has 1 amide bonds. The van der Waals surface area contributed by atoms with Crippen molar-refractivity contribution in [3.05, 3.63) is 82.9 Å². The third-order valence-corrected chi connectivity index (χ3v) is 5.88. The van der Waals surface area contributed by atoms with Gasteiger partial charge in [-0.1, -0.05) is 78.0 Å². The summed E-state index contributed by atoms with van der Waals surface area (Å²) in [5, 5.41) is 11.9. The van der Waals surface area contributed by atoms with Crippen molar-refractivity contribution in [2.24, 2.45) is 10.2 Å². The molecule has 0 saturated carbocycles. The number of halogens is 1. The van der Waals surface area contributed by atoms with E-state index in [0.29, 0.717) is 16.7 Å². The molecule has 0 aromatic heterocycles. The summed E-state index contributed by atoms with van der Waals surface area (Å²) in [7, 11) is 0. The average molecular weight is 408 g/mol. The summed E-state index contributed by atoms with van der Waals surface area (Å²) >= 11 is 7.33. The first kappa shape index (κ1) is 18.7. The average Bonchev–Trinajstić information content (AvgIpc) is 2.97. The Labute approximate surface area is 172 Å². The number of thioether (sulfide) groups is 1. The quantitative estimate of drug-likeness (QED) is 0.432. The van der Waals surface area contributed by atoms with E-state index in [2.05, 4.69) is 34.5 Å². The highest BCUT2D eigenvalue weighted by Crippen LogP contribution is 2.30. The molecule has 1 fully saturated rings. The summed E-state index contributed by atoms with van der Waals surface area (Å²) in [5.74, 6) is 0.0541. The highest BCUT2D eigenvalue weighted by Gasteiger charge is 2.35. The molecular formula is C22H18ClN3OS. The van der Waals surface area contributed by atoms with Crippen molar-refractivity contribution in [2.75, 3.05) is 0 Å². The second-order valence-electron chi connectivity index (χ2n) is 6.50. The molecule has 0 aliphatic carbocycles. The van der Waals surface area contributed by atoms with Crippen LogP contribution < -0.4 is 0 Å². The van der Waals surface area contributed by atoms with Crippen molar-refractivity contribution in [3.8, 4) is 0 Å². The van der Waals surface area contributed by atoms with Crippen LogP contribution in [0.3, 0.4) is 0 Å². The number of hydrogen-bond donors (Lipinski definition) is 0. The fraction of sp³-hybridized carbons (Fsp3) is 0.136. The lowest BCUT2D eigenvalue weighted by Gasteiger charge is -2.17. The molecule has 4 rings (SSSR count). The molecule has 0 spiro atoms. The van der Waals surface area contributed by atoms with Gasteiger partial charge in [0.25, 0.3) is 0 Å². The summed E-state index contributed by atoms with van der Waals surface area (Å²) in [6.07, 6.45) is 1.66. The number of nitrogens with zero attached hydrogens (tertiary/aromatic N) is 3. The van der Waals surface area contributed by atoms with E-state index in [1.54, 1.807) is 23.2 Å². The lowest BCUT2D eigenvalue weighted by atomic mass is 10.0. The number of benzene rings is 3. The highest BCUT2D eigenvalue weighted by molar-refractivity contribution is 8.15. The van der Waals surface area contributed by atoms with E-state index in [1.807, 2.05) is 37.3 Å². The van der Waals surface area contributed by atoms with Crippen LogP contribution in [0.4, 0.5) is 0 Å². The van der Waals surface area contributed by atoms with Gasteiger partial charge >= 0.3 is 0 Å². The topological polar surface area (TPSA) is 45.0 Å². The van der Waals surface area contributed by atoms with Crippen LogP contribution in [0.25, 0.3) is 10.8 Å². The molecule has 0 unspecified atom stereocenters. The van der Waals surface area contributed by atoms with Crippen LogP contribution in [0.15, 0.2) is 76.9 Å². The highest BCUT2D eigenvalue weighted by atomic mass is 35.5. The second kappa shape index (κ2) is 8.17. The first-order valence-corrected chi connectivity index (χ1v) is 10.2. The van der Waals surface area contributed by atoms with Crippen molar-refractivity contribution in [1.82, 2.24) is 4.90 Å². The number of carbonyl (C=O) groups excluding carboxylic acids is 1. The molecule has 140 valence electrons. The number of fused-ring (bicyclic) bond motifs is 1. The van der Waals surface area contributed by atoms with E-state index >= 15 is 0 Å². The molecule has 6 heteroatoms. The van der Waals surface area contributed by atoms with Crippen LogP contribution in [-0.2, 0) is 11.3 Å². The molecule has 1 heterocycles. The smallest absolute Gasteiger partial charge is 0.242 e. The van der Waals surface area contributed by atoms with Crippen LogP contribution in [0.2, 0.25) is 5.02 Å². The number of rotatable bonds is 4. The molecule has 0 radical (unpaired) electrons. The van der Waals surface area contributed by atoms with Crippen LogP contribution in [0, 0.1) is 0 Å². The third kappa shape index (κ3) is 3.96. The minimum absolute atomic E-state index is 0.0541. The zero-order chi connectivity index (χ0) is 19.5. The van der Waals surface area contributed by atoms with E-state index in [4.69, 9.17) is 11.6 Å². The van der Waals surface area contributed by atoms with Gasteiger partial charge in [-0.15, -0.1) is 5.10 Å². The predicted octanol–water partition coefficient (Wildman–Crippen LogP) is 5.35. The molecule has 1 aliphatic rings. The van der Waals surface area contributed by atoms with Gasteiger partial charge in [0.1, 0.15) is 0 Å². The molecule has 3 aromatic carbocycles. The lowest BCUT2D eigenvalue weighted by molar-refractivity contribution is -0.126. The van der Waals surface area contributed by atoms with Gasteiger partial charge in [0.2, 0.25) is 5.91 Å². The monoisotopic (exact) mass is 407 g/mol. The van der Waals surface area contributed by atoms with Crippen molar-refractivity contribution in [1.29, 1.82) is 0 Å². The number of amides is 1. The summed E-state index contributed by atoms with van der Waals surface area (Å²) in [6, 6.07) is 21.7. The first-order chi connectivity index (χ1) is 13.6. The molecule has 1 aliphatic heterocycles. The molecule has 28 heavy (non-hydrogen) atoms. The van der Waals surface area contributed by atoms with Gasteiger partial charge in [0.15, 0.2) is 5.17 Å². The second-order valence-corrected chi connectivity index (χ2v) is 8.25. The number of amidine groups is 1. The van der Waals surface area contributed by atoms with Gasteiger partial charge in [-0.2, -0.15) is 5.10 Å². The molecule has 0 bridgehead atoms. The van der Waals surface area contributed by atoms with E-state index in [0.717, 1.165) is 21.9 Å². The Balaban J connectivity index is 1.60. The lowest BCUT2D eigenvalue weighted by Crippen LogP contribution is -2.30. The standard InChI is InChI=1S/C22H18ClN3OS/c1-15-21(27)26(14-18-7-4-6-17-5-2-3-8-20(17)18)22(28-15)25-24-13-16-9-11-19(23)12-10-16/h2-13,15H,14H2,1H3/b24-13-,25-22+/t15-/m1/s1. The van der Waals surface area contributed by atoms with Gasteiger partial charge in [-0.05, 0) is 41.0 Å². The summed E-state index contributed by atoms with van der Waals surface area (Å²) < 4.78 is 0. The summed E-state index contributed by atoms with van der Waals surface area (Å²) in [6.45, 7) is 2.38. The van der Waals surface area contributed by atoms with Gasteiger partial charge in [0, 0.05) is 5.02 Å². The van der Waals surface area contributed by atoms with Crippen molar-refractivity contribution in [2.45, 2.75) is 18.7 Å². The number of hydrogen-bond acceptors (Lipinski definition) is 4. The van der Waals surface area contributed by atoms with Gasteiger partial charge in [-0.25, -0.2) is 0 Å². The summed E-state index contributed by atoms with van der Waals surface area (Å²) in [5.41, 5.74) is 1.99. The molecular weight excluding hydrogens is 390 g/mol. The molecule has 0 N–H and O–H groups in total. The van der Waals surface area contributed by atoms with E-state index in [9.17, 15) is 4.79 Å². The largest absolute Gasteiger partial charge is 0.284 e. The van der Waals surface area contributed by atoms with E-state index in [1.165, 1.54) is 11.8 Å². The van der Waals surface area contributed by atoms with Crippen LogP contribution in [0.1, 0.15) is 18.1 Å². The van der Waals surface area contributed by atoms with Crippen LogP contribution in [0.5, 0.6) is 0 Å². The third-order valence-electron chi connectivity index (χ3n) is 4.56. The van der Waals surface area contributed by atoms with Crippen molar-refractivity contribution < 1.29 is 4.79 Å².